The largest absolute Gasteiger partial charge is 0.497 e. The highest BCUT2D eigenvalue weighted by Crippen LogP contribution is 2.24. The van der Waals surface area contributed by atoms with E-state index in [0.29, 0.717) is 13.1 Å². The Bertz CT molecular complexity index is 866. The van der Waals surface area contributed by atoms with Gasteiger partial charge < -0.3 is 9.64 Å². The number of anilines is 1. The maximum atomic E-state index is 13.4. The lowest BCUT2D eigenvalue weighted by Gasteiger charge is -2.35. The minimum Gasteiger partial charge on any atom is -0.497 e. The molecule has 8 heteroatoms. The number of piperazine rings is 1. The number of halogens is 2. The fourth-order valence-electron chi connectivity index (χ4n) is 2.78. The standard InChI is InChI=1S/C17H18F2N2O3S/c1-24-14-4-2-3-13(11-14)20-7-9-21(10-8-20)25(22,23)15-5-6-16(18)17(19)12-15/h2-6,11-12H,7-10H2,1H3. The van der Waals surface area contributed by atoms with E-state index in [-0.39, 0.29) is 18.0 Å². The highest BCUT2D eigenvalue weighted by atomic mass is 32.2. The van der Waals surface area contributed by atoms with Gasteiger partial charge in [0.2, 0.25) is 10.0 Å². The average Bonchev–Trinajstić information content (AvgIpc) is 2.64. The zero-order valence-electron chi connectivity index (χ0n) is 13.7. The normalized spacial score (nSPS) is 16.0. The number of hydrogen-bond donors (Lipinski definition) is 0. The van der Waals surface area contributed by atoms with Crippen molar-refractivity contribution in [2.45, 2.75) is 4.90 Å². The summed E-state index contributed by atoms with van der Waals surface area (Å²) in [6.07, 6.45) is 0. The third kappa shape index (κ3) is 3.59. The van der Waals surface area contributed by atoms with Gasteiger partial charge in [-0.1, -0.05) is 6.07 Å². The second-order valence-electron chi connectivity index (χ2n) is 5.67. The molecular formula is C17H18F2N2O3S. The third-order valence-electron chi connectivity index (χ3n) is 4.19. The number of hydrogen-bond acceptors (Lipinski definition) is 4. The molecule has 0 unspecified atom stereocenters. The van der Waals surface area contributed by atoms with E-state index < -0.39 is 21.7 Å². The lowest BCUT2D eigenvalue weighted by molar-refractivity contribution is 0.383. The molecule has 25 heavy (non-hydrogen) atoms. The van der Waals surface area contributed by atoms with Crippen LogP contribution in [0.25, 0.3) is 0 Å². The summed E-state index contributed by atoms with van der Waals surface area (Å²) in [6.45, 7) is 1.52. The van der Waals surface area contributed by atoms with Crippen LogP contribution < -0.4 is 9.64 Å². The first-order valence-electron chi connectivity index (χ1n) is 7.76. The van der Waals surface area contributed by atoms with Crippen LogP contribution in [0.3, 0.4) is 0 Å². The second-order valence-corrected chi connectivity index (χ2v) is 7.61. The predicted molar refractivity (Wildman–Crippen MR) is 90.3 cm³/mol. The van der Waals surface area contributed by atoms with Crippen LogP contribution in [0.4, 0.5) is 14.5 Å². The van der Waals surface area contributed by atoms with Crippen molar-refractivity contribution in [2.24, 2.45) is 0 Å². The van der Waals surface area contributed by atoms with Gasteiger partial charge in [-0.15, -0.1) is 0 Å². The Hall–Kier alpha value is -2.19. The zero-order valence-corrected chi connectivity index (χ0v) is 14.5. The Balaban J connectivity index is 1.73. The smallest absolute Gasteiger partial charge is 0.243 e. The van der Waals surface area contributed by atoms with Crippen LogP contribution in [0.5, 0.6) is 5.75 Å². The van der Waals surface area contributed by atoms with Gasteiger partial charge in [0.05, 0.1) is 12.0 Å². The molecule has 134 valence electrons. The first kappa shape index (κ1) is 17.6. The lowest BCUT2D eigenvalue weighted by atomic mass is 10.2. The summed E-state index contributed by atoms with van der Waals surface area (Å²) in [4.78, 5) is 1.82. The summed E-state index contributed by atoms with van der Waals surface area (Å²) in [5.41, 5.74) is 0.948. The Labute approximate surface area is 145 Å². The van der Waals surface area contributed by atoms with Crippen LogP contribution in [-0.4, -0.2) is 46.0 Å². The molecule has 0 N–H and O–H groups in total. The molecule has 2 aromatic rings. The molecule has 0 amide bonds. The summed E-state index contributed by atoms with van der Waals surface area (Å²) >= 11 is 0. The fraction of sp³-hybridized carbons (Fsp3) is 0.294. The number of nitrogens with zero attached hydrogens (tertiary/aromatic N) is 2. The van der Waals surface area contributed by atoms with Gasteiger partial charge in [-0.3, -0.25) is 0 Å². The summed E-state index contributed by atoms with van der Waals surface area (Å²) < 4.78 is 58.1. The number of sulfonamides is 1. The summed E-state index contributed by atoms with van der Waals surface area (Å²) in [7, 11) is -2.26. The van der Waals surface area contributed by atoms with Crippen molar-refractivity contribution in [3.63, 3.8) is 0 Å². The Morgan fingerprint density at radius 1 is 0.960 bits per heavy atom. The topological polar surface area (TPSA) is 49.9 Å². The van der Waals surface area contributed by atoms with Crippen molar-refractivity contribution in [1.82, 2.24) is 4.31 Å². The molecule has 0 radical (unpaired) electrons. The van der Waals surface area contributed by atoms with Gasteiger partial charge >= 0.3 is 0 Å². The molecule has 1 aliphatic heterocycles. The van der Waals surface area contributed by atoms with E-state index in [2.05, 4.69) is 4.90 Å². The molecule has 3 rings (SSSR count). The van der Waals surface area contributed by atoms with E-state index in [4.69, 9.17) is 4.74 Å². The van der Waals surface area contributed by atoms with Crippen LogP contribution in [0.15, 0.2) is 47.4 Å². The predicted octanol–water partition coefficient (Wildman–Crippen LogP) is 2.48. The van der Waals surface area contributed by atoms with E-state index in [9.17, 15) is 17.2 Å². The SMILES string of the molecule is COc1cccc(N2CCN(S(=O)(=O)c3ccc(F)c(F)c3)CC2)c1. The number of benzene rings is 2. The second kappa shape index (κ2) is 6.97. The highest BCUT2D eigenvalue weighted by Gasteiger charge is 2.29. The van der Waals surface area contributed by atoms with Gasteiger partial charge in [0, 0.05) is 37.9 Å². The van der Waals surface area contributed by atoms with Crippen LogP contribution in [0.1, 0.15) is 0 Å². The maximum absolute atomic E-state index is 13.4. The molecule has 0 spiro atoms. The van der Waals surface area contributed by atoms with E-state index in [0.717, 1.165) is 29.6 Å². The van der Waals surface area contributed by atoms with Crippen molar-refractivity contribution in [2.75, 3.05) is 38.2 Å². The summed E-state index contributed by atoms with van der Waals surface area (Å²) in [5.74, 6) is -1.51. The molecule has 1 heterocycles. The molecule has 0 aliphatic carbocycles. The van der Waals surface area contributed by atoms with Crippen molar-refractivity contribution >= 4 is 15.7 Å². The van der Waals surface area contributed by atoms with Crippen molar-refractivity contribution < 1.29 is 21.9 Å². The van der Waals surface area contributed by atoms with Gasteiger partial charge in [-0.2, -0.15) is 4.31 Å². The average molecular weight is 368 g/mol. The van der Waals surface area contributed by atoms with Crippen molar-refractivity contribution in [1.29, 1.82) is 0 Å². The molecule has 1 fully saturated rings. The van der Waals surface area contributed by atoms with E-state index >= 15 is 0 Å². The molecule has 2 aromatic carbocycles. The first-order valence-corrected chi connectivity index (χ1v) is 9.20. The molecule has 0 aromatic heterocycles. The quantitative estimate of drug-likeness (QED) is 0.832. The Kier molecular flexibility index (Phi) is 4.91. The zero-order chi connectivity index (χ0) is 18.0. The molecule has 1 saturated heterocycles. The van der Waals surface area contributed by atoms with Crippen LogP contribution in [0.2, 0.25) is 0 Å². The summed E-state index contributed by atoms with van der Waals surface area (Å²) in [5, 5.41) is 0. The molecule has 1 aliphatic rings. The number of methoxy groups -OCH3 is 1. The monoisotopic (exact) mass is 368 g/mol. The maximum Gasteiger partial charge on any atom is 0.243 e. The van der Waals surface area contributed by atoms with E-state index in [1.54, 1.807) is 7.11 Å². The molecular weight excluding hydrogens is 350 g/mol. The first-order chi connectivity index (χ1) is 11.9. The van der Waals surface area contributed by atoms with Crippen LogP contribution >= 0.6 is 0 Å². The third-order valence-corrected chi connectivity index (χ3v) is 6.08. The van der Waals surface area contributed by atoms with Gasteiger partial charge in [-0.25, -0.2) is 17.2 Å². The summed E-state index contributed by atoms with van der Waals surface area (Å²) in [6, 6.07) is 10.2. The Morgan fingerprint density at radius 2 is 1.68 bits per heavy atom. The fourth-order valence-corrected chi connectivity index (χ4v) is 4.21. The molecule has 5 nitrogen and oxygen atoms in total. The van der Waals surface area contributed by atoms with Gasteiger partial charge in [0.25, 0.3) is 0 Å². The van der Waals surface area contributed by atoms with Crippen molar-refractivity contribution in [3.8, 4) is 5.75 Å². The van der Waals surface area contributed by atoms with Gasteiger partial charge in [0.15, 0.2) is 11.6 Å². The van der Waals surface area contributed by atoms with Crippen LogP contribution in [-0.2, 0) is 10.0 Å². The molecule has 0 bridgehead atoms. The number of rotatable bonds is 4. The minimum absolute atomic E-state index is 0.235. The van der Waals surface area contributed by atoms with Crippen molar-refractivity contribution in [3.05, 3.63) is 54.1 Å². The van der Waals surface area contributed by atoms with E-state index in [1.807, 2.05) is 24.3 Å². The Morgan fingerprint density at radius 3 is 2.32 bits per heavy atom. The lowest BCUT2D eigenvalue weighted by Crippen LogP contribution is -2.48. The van der Waals surface area contributed by atoms with Gasteiger partial charge in [0.1, 0.15) is 5.75 Å². The minimum atomic E-state index is -3.84. The number of ether oxygens (including phenoxy) is 1. The van der Waals surface area contributed by atoms with Gasteiger partial charge in [-0.05, 0) is 30.3 Å². The molecule has 0 atom stereocenters. The van der Waals surface area contributed by atoms with E-state index in [1.165, 1.54) is 4.31 Å². The highest BCUT2D eigenvalue weighted by molar-refractivity contribution is 7.89. The molecule has 0 saturated carbocycles. The van der Waals surface area contributed by atoms with Crippen LogP contribution in [0, 0.1) is 11.6 Å².